The molecule has 1 atom stereocenters. The quantitative estimate of drug-likeness (QED) is 0.803. The van der Waals surface area contributed by atoms with E-state index >= 15 is 0 Å². The van der Waals surface area contributed by atoms with Crippen LogP contribution in [0.1, 0.15) is 36.9 Å². The van der Waals surface area contributed by atoms with Crippen molar-refractivity contribution in [3.63, 3.8) is 0 Å². The maximum atomic E-state index is 12.5. The molecule has 0 saturated carbocycles. The Hall–Kier alpha value is -1.49. The van der Waals surface area contributed by atoms with E-state index in [1.807, 2.05) is 6.92 Å². The normalized spacial score (nSPS) is 12.7. The molecule has 0 aromatic heterocycles. The number of primary amides is 1. The molecule has 0 aliphatic rings. The zero-order valence-electron chi connectivity index (χ0n) is 9.62. The van der Waals surface area contributed by atoms with Crippen molar-refractivity contribution >= 4 is 5.91 Å². The van der Waals surface area contributed by atoms with Crippen LogP contribution in [0.25, 0.3) is 0 Å². The predicted molar refractivity (Wildman–Crippen MR) is 61.6 cm³/mol. The van der Waals surface area contributed by atoms with Crippen molar-refractivity contribution in [3.8, 4) is 0 Å². The molecule has 0 aliphatic carbocycles. The molecule has 3 N–H and O–H groups in total. The molecule has 1 unspecified atom stereocenters. The van der Waals surface area contributed by atoms with Crippen LogP contribution in [0.4, 0.5) is 8.78 Å². The highest BCUT2D eigenvalue weighted by atomic mass is 19.3. The van der Waals surface area contributed by atoms with Gasteiger partial charge < -0.3 is 11.1 Å². The number of hydrogen-bond acceptors (Lipinski definition) is 2. The molecule has 0 radical (unpaired) electrons. The van der Waals surface area contributed by atoms with Gasteiger partial charge in [-0.3, -0.25) is 4.79 Å². The number of nitrogens with two attached hydrogens (primary N) is 1. The number of alkyl halides is 2. The van der Waals surface area contributed by atoms with E-state index in [-0.39, 0.29) is 18.0 Å². The highest BCUT2D eigenvalue weighted by Gasteiger charge is 2.15. The maximum Gasteiger partial charge on any atom is 0.263 e. The van der Waals surface area contributed by atoms with E-state index in [0.717, 1.165) is 0 Å². The summed E-state index contributed by atoms with van der Waals surface area (Å²) in [6, 6.07) is 5.73. The summed E-state index contributed by atoms with van der Waals surface area (Å²) in [4.78, 5) is 10.9. The molecule has 3 nitrogen and oxygen atoms in total. The maximum absolute atomic E-state index is 12.5. The third kappa shape index (κ3) is 4.11. The minimum atomic E-state index is -2.51. The Balaban J connectivity index is 2.92. The van der Waals surface area contributed by atoms with E-state index in [0.29, 0.717) is 12.1 Å². The Bertz CT molecular complexity index is 383. The van der Waals surface area contributed by atoms with Crippen molar-refractivity contribution in [1.29, 1.82) is 0 Å². The second-order valence-electron chi connectivity index (χ2n) is 3.75. The van der Waals surface area contributed by atoms with E-state index in [1.54, 1.807) is 12.1 Å². The lowest BCUT2D eigenvalue weighted by Gasteiger charge is -2.17. The number of carbonyl (C=O) groups is 1. The summed E-state index contributed by atoms with van der Waals surface area (Å²) in [7, 11) is 0. The van der Waals surface area contributed by atoms with Gasteiger partial charge in [0, 0.05) is 18.0 Å². The zero-order valence-corrected chi connectivity index (χ0v) is 9.62. The number of amides is 1. The summed E-state index contributed by atoms with van der Waals surface area (Å²) in [6.45, 7) is 2.52. The summed E-state index contributed by atoms with van der Waals surface area (Å²) in [5.41, 5.74) is 5.74. The Morgan fingerprint density at radius 1 is 1.41 bits per heavy atom. The lowest BCUT2D eigenvalue weighted by molar-refractivity contribution is -0.118. The molecule has 17 heavy (non-hydrogen) atoms. The monoisotopic (exact) mass is 242 g/mol. The Labute approximate surface area is 99.0 Å². The molecule has 1 aromatic rings. The SMILES string of the molecule is CCNC(CC(N)=O)c1cccc(C(F)F)c1. The summed E-state index contributed by atoms with van der Waals surface area (Å²) in [6.07, 6.45) is -2.41. The van der Waals surface area contributed by atoms with Crippen LogP contribution < -0.4 is 11.1 Å². The zero-order chi connectivity index (χ0) is 12.8. The van der Waals surface area contributed by atoms with Gasteiger partial charge in [0.25, 0.3) is 6.43 Å². The van der Waals surface area contributed by atoms with Crippen molar-refractivity contribution in [2.45, 2.75) is 25.8 Å². The molecule has 94 valence electrons. The van der Waals surface area contributed by atoms with Gasteiger partial charge in [0.15, 0.2) is 0 Å². The molecule has 0 heterocycles. The third-order valence-electron chi connectivity index (χ3n) is 2.42. The molecule has 0 fully saturated rings. The average molecular weight is 242 g/mol. The summed E-state index contributed by atoms with van der Waals surface area (Å²) >= 11 is 0. The van der Waals surface area contributed by atoms with Gasteiger partial charge in [-0.05, 0) is 18.2 Å². The van der Waals surface area contributed by atoms with E-state index in [2.05, 4.69) is 5.32 Å². The molecular formula is C12H16F2N2O. The fraction of sp³-hybridized carbons (Fsp3) is 0.417. The molecule has 0 spiro atoms. The first-order valence-corrected chi connectivity index (χ1v) is 5.44. The van der Waals surface area contributed by atoms with E-state index in [1.165, 1.54) is 12.1 Å². The van der Waals surface area contributed by atoms with Gasteiger partial charge in [-0.2, -0.15) is 0 Å². The van der Waals surface area contributed by atoms with E-state index < -0.39 is 12.3 Å². The lowest BCUT2D eigenvalue weighted by Crippen LogP contribution is -2.26. The standard InChI is InChI=1S/C12H16F2N2O/c1-2-16-10(7-11(15)17)8-4-3-5-9(6-8)12(13)14/h3-6,10,12,16H,2,7H2,1H3,(H2,15,17). The molecule has 1 aromatic carbocycles. The van der Waals surface area contributed by atoms with Crippen molar-refractivity contribution in [3.05, 3.63) is 35.4 Å². The molecular weight excluding hydrogens is 226 g/mol. The number of halogens is 2. The number of hydrogen-bond donors (Lipinski definition) is 2. The van der Waals surface area contributed by atoms with E-state index in [4.69, 9.17) is 5.73 Å². The van der Waals surface area contributed by atoms with Crippen molar-refractivity contribution < 1.29 is 13.6 Å². The van der Waals surface area contributed by atoms with Crippen molar-refractivity contribution in [2.75, 3.05) is 6.54 Å². The van der Waals surface area contributed by atoms with Gasteiger partial charge >= 0.3 is 0 Å². The topological polar surface area (TPSA) is 55.1 Å². The van der Waals surface area contributed by atoms with Gasteiger partial charge in [0.05, 0.1) is 0 Å². The Kier molecular flexibility index (Phi) is 5.03. The van der Waals surface area contributed by atoms with E-state index in [9.17, 15) is 13.6 Å². The Morgan fingerprint density at radius 2 is 2.06 bits per heavy atom. The number of rotatable bonds is 6. The number of carbonyl (C=O) groups excluding carboxylic acids is 1. The highest BCUT2D eigenvalue weighted by molar-refractivity contribution is 5.74. The van der Waals surface area contributed by atoms with Crippen molar-refractivity contribution in [2.24, 2.45) is 5.73 Å². The number of benzene rings is 1. The van der Waals surface area contributed by atoms with Crippen LogP contribution in [0.2, 0.25) is 0 Å². The van der Waals surface area contributed by atoms with Crippen LogP contribution >= 0.6 is 0 Å². The van der Waals surface area contributed by atoms with Crippen molar-refractivity contribution in [1.82, 2.24) is 5.32 Å². The molecule has 1 rings (SSSR count). The van der Waals surface area contributed by atoms with Gasteiger partial charge in [-0.25, -0.2) is 8.78 Å². The fourth-order valence-corrected chi connectivity index (χ4v) is 1.67. The van der Waals surface area contributed by atoms with Gasteiger partial charge in [-0.15, -0.1) is 0 Å². The van der Waals surface area contributed by atoms with Gasteiger partial charge in [0.2, 0.25) is 5.91 Å². The number of nitrogens with one attached hydrogen (secondary N) is 1. The summed E-state index contributed by atoms with van der Waals surface area (Å²) < 4.78 is 25.1. The molecule has 5 heteroatoms. The second-order valence-corrected chi connectivity index (χ2v) is 3.75. The van der Waals surface area contributed by atoms with Gasteiger partial charge in [0.1, 0.15) is 0 Å². The van der Waals surface area contributed by atoms with Crippen LogP contribution in [0, 0.1) is 0 Å². The lowest BCUT2D eigenvalue weighted by atomic mass is 10.0. The first-order chi connectivity index (χ1) is 8.04. The minimum absolute atomic E-state index is 0.0464. The molecule has 1 amide bonds. The first-order valence-electron chi connectivity index (χ1n) is 5.44. The molecule has 0 bridgehead atoms. The predicted octanol–water partition coefficient (Wildman–Crippen LogP) is 2.15. The van der Waals surface area contributed by atoms with Crippen LogP contribution in [-0.4, -0.2) is 12.5 Å². The first kappa shape index (κ1) is 13.6. The smallest absolute Gasteiger partial charge is 0.263 e. The Morgan fingerprint density at radius 3 is 2.59 bits per heavy atom. The van der Waals surface area contributed by atoms with Crippen LogP contribution in [0.5, 0.6) is 0 Å². The van der Waals surface area contributed by atoms with Crippen LogP contribution in [-0.2, 0) is 4.79 Å². The fourth-order valence-electron chi connectivity index (χ4n) is 1.67. The third-order valence-corrected chi connectivity index (χ3v) is 2.42. The largest absolute Gasteiger partial charge is 0.370 e. The molecule has 0 aliphatic heterocycles. The summed E-state index contributed by atoms with van der Waals surface area (Å²) in [5, 5.41) is 3.05. The van der Waals surface area contributed by atoms with Gasteiger partial charge in [-0.1, -0.05) is 25.1 Å². The highest BCUT2D eigenvalue weighted by Crippen LogP contribution is 2.23. The average Bonchev–Trinajstić information content (AvgIpc) is 2.28. The van der Waals surface area contributed by atoms with Crippen LogP contribution in [0.3, 0.4) is 0 Å². The van der Waals surface area contributed by atoms with Crippen LogP contribution in [0.15, 0.2) is 24.3 Å². The second kappa shape index (κ2) is 6.30. The molecule has 0 saturated heterocycles. The minimum Gasteiger partial charge on any atom is -0.370 e. The summed E-state index contributed by atoms with van der Waals surface area (Å²) in [5.74, 6) is -0.460.